The number of rotatable bonds is 3. The van der Waals surface area contributed by atoms with Crippen molar-refractivity contribution in [3.63, 3.8) is 0 Å². The number of carbonyl (C=O) groups is 1. The van der Waals surface area contributed by atoms with Gasteiger partial charge in [-0.1, -0.05) is 6.07 Å². The minimum atomic E-state index is -0.803. The first-order valence-electron chi connectivity index (χ1n) is 9.59. The van der Waals surface area contributed by atoms with Gasteiger partial charge < -0.3 is 9.47 Å². The van der Waals surface area contributed by atoms with Crippen molar-refractivity contribution in [2.75, 3.05) is 13.1 Å². The summed E-state index contributed by atoms with van der Waals surface area (Å²) in [5, 5.41) is 0. The third-order valence-corrected chi connectivity index (χ3v) is 5.77. The molecule has 4 nitrogen and oxygen atoms in total. The summed E-state index contributed by atoms with van der Waals surface area (Å²) >= 11 is 0. The molecule has 1 aliphatic rings. The van der Waals surface area contributed by atoms with Crippen molar-refractivity contribution in [3.05, 3.63) is 65.0 Å². The van der Waals surface area contributed by atoms with Crippen LogP contribution in [0.2, 0.25) is 0 Å². The standard InChI is InChI=1S/C22H23F2N3O/c1-14-10-19-20(11-15(14)2)27(13-25-19)12-16-6-8-26(9-7-16)22(28)21-17(23)4-3-5-18(21)24/h3-5,10-11,13,16H,6-9,12H2,1-2H3. The van der Waals surface area contributed by atoms with Gasteiger partial charge in [0.25, 0.3) is 5.91 Å². The topological polar surface area (TPSA) is 38.1 Å². The first-order valence-corrected chi connectivity index (χ1v) is 9.59. The van der Waals surface area contributed by atoms with E-state index in [1.54, 1.807) is 4.90 Å². The molecule has 3 aromatic rings. The molecule has 28 heavy (non-hydrogen) atoms. The van der Waals surface area contributed by atoms with Crippen molar-refractivity contribution in [3.8, 4) is 0 Å². The number of benzene rings is 2. The van der Waals surface area contributed by atoms with E-state index in [0.717, 1.165) is 42.6 Å². The fraction of sp³-hybridized carbons (Fsp3) is 0.364. The number of amides is 1. The Morgan fingerprint density at radius 1 is 1.11 bits per heavy atom. The number of hydrogen-bond donors (Lipinski definition) is 0. The van der Waals surface area contributed by atoms with Crippen LogP contribution in [0.4, 0.5) is 8.78 Å². The number of aromatic nitrogens is 2. The molecule has 0 N–H and O–H groups in total. The van der Waals surface area contributed by atoms with E-state index in [-0.39, 0.29) is 0 Å². The summed E-state index contributed by atoms with van der Waals surface area (Å²) in [6.45, 7) is 6.01. The summed E-state index contributed by atoms with van der Waals surface area (Å²) in [5.41, 5.74) is 4.12. The first kappa shape index (κ1) is 18.6. The number of fused-ring (bicyclic) bond motifs is 1. The minimum Gasteiger partial charge on any atom is -0.338 e. The molecule has 1 saturated heterocycles. The van der Waals surface area contributed by atoms with Crippen LogP contribution < -0.4 is 0 Å². The third-order valence-electron chi connectivity index (χ3n) is 5.77. The predicted molar refractivity (Wildman–Crippen MR) is 104 cm³/mol. The smallest absolute Gasteiger partial charge is 0.259 e. The molecule has 0 radical (unpaired) electrons. The molecule has 0 spiro atoms. The van der Waals surface area contributed by atoms with Gasteiger partial charge in [0.15, 0.2) is 0 Å². The Balaban J connectivity index is 1.44. The van der Waals surface area contributed by atoms with E-state index < -0.39 is 23.1 Å². The maximum atomic E-state index is 13.9. The van der Waals surface area contributed by atoms with Gasteiger partial charge in [-0.2, -0.15) is 0 Å². The summed E-state index contributed by atoms with van der Waals surface area (Å²) in [4.78, 5) is 18.6. The SMILES string of the molecule is Cc1cc2ncn(CC3CCN(C(=O)c4c(F)cccc4F)CC3)c2cc1C. The van der Waals surface area contributed by atoms with E-state index in [9.17, 15) is 13.6 Å². The average Bonchev–Trinajstić information content (AvgIpc) is 3.04. The molecule has 6 heteroatoms. The molecule has 0 aliphatic carbocycles. The highest BCUT2D eigenvalue weighted by Crippen LogP contribution is 2.25. The van der Waals surface area contributed by atoms with Crippen molar-refractivity contribution in [2.45, 2.75) is 33.2 Å². The highest BCUT2D eigenvalue weighted by Gasteiger charge is 2.27. The van der Waals surface area contributed by atoms with E-state index in [2.05, 4.69) is 35.5 Å². The second-order valence-electron chi connectivity index (χ2n) is 7.65. The molecule has 1 fully saturated rings. The van der Waals surface area contributed by atoms with Gasteiger partial charge in [0, 0.05) is 19.6 Å². The summed E-state index contributed by atoms with van der Waals surface area (Å²) < 4.78 is 30.0. The third kappa shape index (κ3) is 3.39. The van der Waals surface area contributed by atoms with E-state index in [1.807, 2.05) is 6.33 Å². The van der Waals surface area contributed by atoms with Crippen LogP contribution in [-0.4, -0.2) is 33.4 Å². The van der Waals surface area contributed by atoms with Gasteiger partial charge in [-0.3, -0.25) is 4.79 Å². The molecule has 2 heterocycles. The van der Waals surface area contributed by atoms with Gasteiger partial charge in [0.2, 0.25) is 0 Å². The van der Waals surface area contributed by atoms with Gasteiger partial charge in [-0.05, 0) is 68.0 Å². The molecular weight excluding hydrogens is 360 g/mol. The zero-order chi connectivity index (χ0) is 19.8. The molecule has 1 amide bonds. The normalized spacial score (nSPS) is 15.4. The van der Waals surface area contributed by atoms with Crippen LogP contribution in [0.1, 0.15) is 34.3 Å². The predicted octanol–water partition coefficient (Wildman–Crippen LogP) is 4.48. The number of hydrogen-bond acceptors (Lipinski definition) is 2. The van der Waals surface area contributed by atoms with Gasteiger partial charge in [-0.25, -0.2) is 13.8 Å². The fourth-order valence-corrected chi connectivity index (χ4v) is 3.92. The monoisotopic (exact) mass is 383 g/mol. The zero-order valence-electron chi connectivity index (χ0n) is 16.1. The van der Waals surface area contributed by atoms with E-state index >= 15 is 0 Å². The fourth-order valence-electron chi connectivity index (χ4n) is 3.92. The van der Waals surface area contributed by atoms with Crippen molar-refractivity contribution < 1.29 is 13.6 Å². The second kappa shape index (κ2) is 7.34. The number of nitrogens with zero attached hydrogens (tertiary/aromatic N) is 3. The highest BCUT2D eigenvalue weighted by atomic mass is 19.1. The summed E-state index contributed by atoms with van der Waals surface area (Å²) in [7, 11) is 0. The molecule has 1 aliphatic heterocycles. The van der Waals surface area contributed by atoms with E-state index in [1.165, 1.54) is 17.2 Å². The van der Waals surface area contributed by atoms with Crippen molar-refractivity contribution in [1.82, 2.24) is 14.5 Å². The largest absolute Gasteiger partial charge is 0.338 e. The van der Waals surface area contributed by atoms with Crippen LogP contribution in [0.15, 0.2) is 36.7 Å². The van der Waals surface area contributed by atoms with Crippen molar-refractivity contribution in [1.29, 1.82) is 0 Å². The first-order chi connectivity index (χ1) is 13.4. The Morgan fingerprint density at radius 3 is 2.43 bits per heavy atom. The molecule has 0 atom stereocenters. The number of piperidine rings is 1. The van der Waals surface area contributed by atoms with Crippen LogP contribution in [-0.2, 0) is 6.54 Å². The maximum absolute atomic E-state index is 13.9. The van der Waals surface area contributed by atoms with Crippen LogP contribution >= 0.6 is 0 Å². The molecule has 4 rings (SSSR count). The Labute approximate surface area is 162 Å². The Kier molecular flexibility index (Phi) is 4.87. The minimum absolute atomic E-state index is 0.397. The molecule has 2 aromatic carbocycles. The number of halogens is 2. The number of imidazole rings is 1. The lowest BCUT2D eigenvalue weighted by Gasteiger charge is -2.32. The summed E-state index contributed by atoms with van der Waals surface area (Å²) in [5.74, 6) is -1.77. The van der Waals surface area contributed by atoms with Crippen LogP contribution in [0.3, 0.4) is 0 Å². The molecular formula is C22H23F2N3O. The van der Waals surface area contributed by atoms with Gasteiger partial charge in [0.1, 0.15) is 17.2 Å². The summed E-state index contributed by atoms with van der Waals surface area (Å²) in [6, 6.07) is 7.78. The van der Waals surface area contributed by atoms with Gasteiger partial charge in [0.05, 0.1) is 17.4 Å². The molecule has 1 aromatic heterocycles. The maximum Gasteiger partial charge on any atom is 0.259 e. The van der Waals surface area contributed by atoms with Gasteiger partial charge in [-0.15, -0.1) is 0 Å². The second-order valence-corrected chi connectivity index (χ2v) is 7.65. The lowest BCUT2D eigenvalue weighted by molar-refractivity contribution is 0.0673. The number of aryl methyl sites for hydroxylation is 2. The molecule has 146 valence electrons. The number of likely N-dealkylation sites (tertiary alicyclic amines) is 1. The zero-order valence-corrected chi connectivity index (χ0v) is 16.1. The Hall–Kier alpha value is -2.76. The van der Waals surface area contributed by atoms with E-state index in [4.69, 9.17) is 0 Å². The molecule has 0 bridgehead atoms. The van der Waals surface area contributed by atoms with Crippen LogP contribution in [0.5, 0.6) is 0 Å². The van der Waals surface area contributed by atoms with Crippen molar-refractivity contribution >= 4 is 16.9 Å². The van der Waals surface area contributed by atoms with Crippen LogP contribution in [0.25, 0.3) is 11.0 Å². The van der Waals surface area contributed by atoms with E-state index in [0.29, 0.717) is 19.0 Å². The summed E-state index contributed by atoms with van der Waals surface area (Å²) in [6.07, 6.45) is 3.47. The lowest BCUT2D eigenvalue weighted by atomic mass is 9.96. The van der Waals surface area contributed by atoms with Crippen molar-refractivity contribution in [2.24, 2.45) is 5.92 Å². The Bertz CT molecular complexity index is 1020. The highest BCUT2D eigenvalue weighted by molar-refractivity contribution is 5.94. The number of carbonyl (C=O) groups excluding carboxylic acids is 1. The quantitative estimate of drug-likeness (QED) is 0.669. The van der Waals surface area contributed by atoms with Crippen LogP contribution in [0, 0.1) is 31.4 Å². The average molecular weight is 383 g/mol. The Morgan fingerprint density at radius 2 is 1.75 bits per heavy atom. The molecule has 0 saturated carbocycles. The molecule has 0 unspecified atom stereocenters. The lowest BCUT2D eigenvalue weighted by Crippen LogP contribution is -2.40. The van der Waals surface area contributed by atoms with Gasteiger partial charge >= 0.3 is 0 Å².